The van der Waals surface area contributed by atoms with E-state index in [-0.39, 0.29) is 0 Å². The molecule has 4 fully saturated rings. The van der Waals surface area contributed by atoms with Crippen LogP contribution in [0.15, 0.2) is 0 Å². The Morgan fingerprint density at radius 3 is 2.28 bits per heavy atom. The van der Waals surface area contributed by atoms with E-state index in [2.05, 4.69) is 41.5 Å². The highest BCUT2D eigenvalue weighted by Crippen LogP contribution is 2.69. The lowest BCUT2D eigenvalue weighted by Gasteiger charge is -2.63. The van der Waals surface area contributed by atoms with Gasteiger partial charge in [-0.3, -0.25) is 0 Å². The third-order valence-electron chi connectivity index (χ3n) is 10.7. The van der Waals surface area contributed by atoms with Crippen molar-refractivity contribution in [2.24, 2.45) is 58.2 Å². The number of hydrogen-bond acceptors (Lipinski definition) is 0. The Balaban J connectivity index is 1.63. The Morgan fingerprint density at radius 2 is 1.56 bits per heavy atom. The van der Waals surface area contributed by atoms with Crippen molar-refractivity contribution in [1.82, 2.24) is 0 Å². The van der Waals surface area contributed by atoms with E-state index in [0.29, 0.717) is 10.8 Å². The van der Waals surface area contributed by atoms with Crippen LogP contribution in [-0.4, -0.2) is 0 Å². The molecule has 0 aromatic rings. The molecule has 4 aliphatic carbocycles. The summed E-state index contributed by atoms with van der Waals surface area (Å²) in [5, 5.41) is 0. The summed E-state index contributed by atoms with van der Waals surface area (Å²) in [5.41, 5.74) is 1.34. The molecule has 0 saturated heterocycles. The first-order valence-corrected chi connectivity index (χ1v) is 11.8. The van der Waals surface area contributed by atoms with Crippen molar-refractivity contribution in [3.05, 3.63) is 0 Å². The van der Waals surface area contributed by atoms with E-state index in [1.807, 2.05) is 0 Å². The van der Waals surface area contributed by atoms with Crippen LogP contribution in [0.5, 0.6) is 0 Å². The molecule has 0 spiro atoms. The number of rotatable bonds is 2. The molecule has 4 saturated carbocycles. The van der Waals surface area contributed by atoms with Crippen molar-refractivity contribution in [1.29, 1.82) is 0 Å². The fourth-order valence-electron chi connectivity index (χ4n) is 9.11. The van der Waals surface area contributed by atoms with Gasteiger partial charge in [-0.2, -0.15) is 0 Å². The monoisotopic (exact) mass is 344 g/mol. The summed E-state index contributed by atoms with van der Waals surface area (Å²) in [5.74, 6) is 8.06. The van der Waals surface area contributed by atoms with E-state index in [1.54, 1.807) is 25.7 Å². The lowest BCUT2D eigenvalue weighted by Crippen LogP contribution is -2.56. The second-order valence-corrected chi connectivity index (χ2v) is 11.7. The van der Waals surface area contributed by atoms with Crippen molar-refractivity contribution in [3.63, 3.8) is 0 Å². The van der Waals surface area contributed by atoms with Crippen molar-refractivity contribution >= 4 is 0 Å². The largest absolute Gasteiger partial charge is 0.0651 e. The first kappa shape index (κ1) is 18.4. The molecule has 0 heterocycles. The normalized spacial score (nSPS) is 56.6. The third-order valence-corrected chi connectivity index (χ3v) is 10.7. The Labute approximate surface area is 157 Å². The Kier molecular flexibility index (Phi) is 4.61. The zero-order valence-electron chi connectivity index (χ0n) is 18.0. The Bertz CT molecular complexity index is 494. The molecule has 0 heteroatoms. The quantitative estimate of drug-likeness (QED) is 0.484. The van der Waals surface area contributed by atoms with Gasteiger partial charge in [0.25, 0.3) is 0 Å². The first-order valence-electron chi connectivity index (χ1n) is 11.8. The lowest BCUT2D eigenvalue weighted by molar-refractivity contribution is -0.142. The fraction of sp³-hybridized carbons (Fsp3) is 1.00. The topological polar surface area (TPSA) is 0 Å². The Hall–Kier alpha value is 0. The summed E-state index contributed by atoms with van der Waals surface area (Å²) < 4.78 is 0. The minimum atomic E-state index is 0.663. The minimum absolute atomic E-state index is 0.663. The van der Waals surface area contributed by atoms with E-state index >= 15 is 0 Å². The maximum absolute atomic E-state index is 2.73. The van der Waals surface area contributed by atoms with Crippen LogP contribution in [0.2, 0.25) is 0 Å². The van der Waals surface area contributed by atoms with Gasteiger partial charge in [-0.25, -0.2) is 0 Å². The van der Waals surface area contributed by atoms with Gasteiger partial charge in [0.2, 0.25) is 0 Å². The van der Waals surface area contributed by atoms with Gasteiger partial charge >= 0.3 is 0 Å². The highest BCUT2D eigenvalue weighted by molar-refractivity contribution is 5.10. The van der Waals surface area contributed by atoms with Crippen molar-refractivity contribution in [2.45, 2.75) is 99.3 Å². The molecular formula is C25H44. The summed E-state index contributed by atoms with van der Waals surface area (Å²) in [6.45, 7) is 15.6. The predicted octanol–water partition coefficient (Wildman–Crippen LogP) is 7.57. The second kappa shape index (κ2) is 6.27. The molecule has 4 rings (SSSR count). The van der Waals surface area contributed by atoms with Gasteiger partial charge in [0.15, 0.2) is 0 Å². The van der Waals surface area contributed by atoms with Gasteiger partial charge < -0.3 is 0 Å². The molecule has 0 amide bonds. The van der Waals surface area contributed by atoms with Crippen LogP contribution in [0.1, 0.15) is 99.3 Å². The van der Waals surface area contributed by atoms with Gasteiger partial charge in [-0.15, -0.1) is 0 Å². The maximum atomic E-state index is 2.73. The summed E-state index contributed by atoms with van der Waals surface area (Å²) in [6, 6.07) is 0. The van der Waals surface area contributed by atoms with Crippen LogP contribution < -0.4 is 0 Å². The SMILES string of the molecule is CC[C@@H](C)[C@H]1CCC2[C@@H]3C(C)C[C@@H]4CC(C)CC[C@]4(C)C3CC[C@@]21C. The van der Waals surface area contributed by atoms with Crippen LogP contribution in [0.3, 0.4) is 0 Å². The fourth-order valence-corrected chi connectivity index (χ4v) is 9.11. The van der Waals surface area contributed by atoms with Gasteiger partial charge in [-0.1, -0.05) is 54.4 Å². The molecular weight excluding hydrogens is 300 g/mol. The van der Waals surface area contributed by atoms with E-state index in [0.717, 1.165) is 47.3 Å². The number of fused-ring (bicyclic) bond motifs is 5. The van der Waals surface area contributed by atoms with Gasteiger partial charge in [0, 0.05) is 0 Å². The van der Waals surface area contributed by atoms with E-state index in [4.69, 9.17) is 0 Å². The molecule has 0 N–H and O–H groups in total. The summed E-state index contributed by atoms with van der Waals surface area (Å²) in [7, 11) is 0. The van der Waals surface area contributed by atoms with E-state index < -0.39 is 0 Å². The van der Waals surface area contributed by atoms with Crippen molar-refractivity contribution in [3.8, 4) is 0 Å². The average Bonchev–Trinajstić information content (AvgIpc) is 2.93. The third kappa shape index (κ3) is 2.59. The summed E-state index contributed by atoms with van der Waals surface area (Å²) in [4.78, 5) is 0. The van der Waals surface area contributed by atoms with Crippen LogP contribution >= 0.6 is 0 Å². The zero-order chi connectivity index (χ0) is 18.0. The molecule has 0 aromatic heterocycles. The second-order valence-electron chi connectivity index (χ2n) is 11.7. The van der Waals surface area contributed by atoms with Gasteiger partial charge in [-0.05, 0) is 103 Å². The smallest absolute Gasteiger partial charge is 0.0264 e. The van der Waals surface area contributed by atoms with Crippen molar-refractivity contribution < 1.29 is 0 Å². The summed E-state index contributed by atoms with van der Waals surface area (Å²) >= 11 is 0. The molecule has 0 aliphatic heterocycles. The lowest BCUT2D eigenvalue weighted by atomic mass is 9.42. The molecule has 0 bridgehead atoms. The molecule has 10 atom stereocenters. The highest BCUT2D eigenvalue weighted by Gasteiger charge is 2.61. The number of hydrogen-bond donors (Lipinski definition) is 0. The van der Waals surface area contributed by atoms with Gasteiger partial charge in [0.05, 0.1) is 0 Å². The minimum Gasteiger partial charge on any atom is -0.0651 e. The molecule has 0 aromatic carbocycles. The average molecular weight is 345 g/mol. The molecule has 144 valence electrons. The molecule has 25 heavy (non-hydrogen) atoms. The molecule has 4 unspecified atom stereocenters. The molecule has 0 nitrogen and oxygen atoms in total. The van der Waals surface area contributed by atoms with Crippen LogP contribution in [0, 0.1) is 58.2 Å². The maximum Gasteiger partial charge on any atom is -0.0264 e. The highest BCUT2D eigenvalue weighted by atomic mass is 14.7. The van der Waals surface area contributed by atoms with Crippen LogP contribution in [0.25, 0.3) is 0 Å². The zero-order valence-corrected chi connectivity index (χ0v) is 18.0. The first-order chi connectivity index (χ1) is 11.8. The summed E-state index contributed by atoms with van der Waals surface area (Å²) in [6.07, 6.45) is 13.7. The van der Waals surface area contributed by atoms with Crippen molar-refractivity contribution in [2.75, 3.05) is 0 Å². The molecule has 4 aliphatic rings. The standard InChI is InChI=1S/C25H44/c1-7-17(3)20-8-9-21-23-18(4)15-19-14-16(2)10-12-24(19,5)22(23)11-13-25(20,21)6/h16-23H,7-15H2,1-6H3/t16?,17-,18?,19+,20-,21?,22?,23+,24+,25-/m1/s1. The Morgan fingerprint density at radius 1 is 0.880 bits per heavy atom. The van der Waals surface area contributed by atoms with E-state index in [9.17, 15) is 0 Å². The van der Waals surface area contributed by atoms with Gasteiger partial charge in [0.1, 0.15) is 0 Å². The van der Waals surface area contributed by atoms with Crippen LogP contribution in [-0.2, 0) is 0 Å². The van der Waals surface area contributed by atoms with Crippen LogP contribution in [0.4, 0.5) is 0 Å². The predicted molar refractivity (Wildman–Crippen MR) is 108 cm³/mol. The molecule has 0 radical (unpaired) electrons. The van der Waals surface area contributed by atoms with E-state index in [1.165, 1.54) is 32.1 Å².